The average molecular weight is 1040 g/mol. The molecule has 5 atom stereocenters. The quantitative estimate of drug-likeness (QED) is 0.0175. The molecule has 0 bridgehead atoms. The highest BCUT2D eigenvalue weighted by atomic mass is 31.2. The van der Waals surface area contributed by atoms with Crippen LogP contribution in [-0.4, -0.2) is 89.4 Å². The molecule has 2 radical (unpaired) electrons. The molecule has 0 aliphatic carbocycles. The van der Waals surface area contributed by atoms with Crippen molar-refractivity contribution in [3.63, 3.8) is 0 Å². The van der Waals surface area contributed by atoms with Gasteiger partial charge >= 0.3 is 6.03 Å². The second-order valence-corrected chi connectivity index (χ2v) is 18.7. The molecule has 1 fully saturated rings. The molecule has 1 aliphatic rings. The summed E-state index contributed by atoms with van der Waals surface area (Å²) in [7, 11) is 8.61. The van der Waals surface area contributed by atoms with Crippen LogP contribution < -0.4 is 20.1 Å². The van der Waals surface area contributed by atoms with E-state index in [1.165, 1.54) is 0 Å². The van der Waals surface area contributed by atoms with Crippen LogP contribution in [0.25, 0.3) is 4.85 Å². The first kappa shape index (κ1) is 61.5. The fourth-order valence-electron chi connectivity index (χ4n) is 8.09. The predicted octanol–water partition coefficient (Wildman–Crippen LogP) is 8.84. The average Bonchev–Trinajstić information content (AvgIpc) is 3.75. The molecule has 0 saturated carbocycles. The molecule has 13 heteroatoms. The Labute approximate surface area is 461 Å². The van der Waals surface area contributed by atoms with Crippen LogP contribution in [0.15, 0.2) is 78.9 Å². The van der Waals surface area contributed by atoms with Gasteiger partial charge < -0.3 is 38.2 Å². The summed E-state index contributed by atoms with van der Waals surface area (Å²) in [4.78, 5) is 15.8. The fourth-order valence-corrected chi connectivity index (χ4v) is 9.89. The minimum absolute atomic E-state index is 0.0899. The van der Waals surface area contributed by atoms with Crippen molar-refractivity contribution in [3.05, 3.63) is 107 Å². The lowest BCUT2D eigenvalue weighted by molar-refractivity contribution is -0.0717. The molecule has 2 unspecified atom stereocenters. The zero-order valence-electron chi connectivity index (χ0n) is 44.8. The molecule has 3 aromatic carbocycles. The lowest BCUT2D eigenvalue weighted by atomic mass is 9.79. The van der Waals surface area contributed by atoms with Gasteiger partial charge in [0.15, 0.2) is 0 Å². The Bertz CT molecular complexity index is 3040. The van der Waals surface area contributed by atoms with Crippen LogP contribution in [0.5, 0.6) is 11.5 Å². The maximum Gasteiger partial charge on any atom is 0.326 e. The first-order chi connectivity index (χ1) is 37.6. The Morgan fingerprint density at radius 3 is 1.68 bits per heavy atom. The van der Waals surface area contributed by atoms with Crippen LogP contribution in [0.2, 0.25) is 0 Å². The second-order valence-electron chi connectivity index (χ2n) is 17.3. The number of ether oxygens (including phenoxy) is 4. The highest BCUT2D eigenvalue weighted by molar-refractivity contribution is 7.44. The summed E-state index contributed by atoms with van der Waals surface area (Å²) >= 11 is 0. The van der Waals surface area contributed by atoms with Crippen LogP contribution in [0.4, 0.5) is 4.79 Å². The summed E-state index contributed by atoms with van der Waals surface area (Å²) in [5.74, 6) is 49.6. The van der Waals surface area contributed by atoms with Gasteiger partial charge in [-0.3, -0.25) is 5.32 Å². The Hall–Kier alpha value is -8.09. The van der Waals surface area contributed by atoms with Gasteiger partial charge in [0.25, 0.3) is 8.53 Å². The Balaban J connectivity index is 1.38. The molecule has 77 heavy (non-hydrogen) atoms. The largest absolute Gasteiger partial charge is 0.497 e. The highest BCUT2D eigenvalue weighted by Gasteiger charge is 2.47. The van der Waals surface area contributed by atoms with E-state index in [0.29, 0.717) is 6.54 Å². The number of methoxy groups -OCH3 is 2. The molecule has 1 heterocycles. The minimum Gasteiger partial charge on any atom is -0.497 e. The number of rotatable bonds is 24. The summed E-state index contributed by atoms with van der Waals surface area (Å²) in [6.45, 7) is 18.7. The second kappa shape index (κ2) is 36.0. The fraction of sp³-hybridized carbons (Fsp3) is 0.375. The van der Waals surface area contributed by atoms with Crippen LogP contribution in [-0.2, 0) is 24.1 Å². The predicted molar refractivity (Wildman–Crippen MR) is 305 cm³/mol. The van der Waals surface area contributed by atoms with Crippen molar-refractivity contribution in [2.75, 3.05) is 40.5 Å². The zero-order valence-corrected chi connectivity index (χ0v) is 45.7. The highest BCUT2D eigenvalue weighted by Crippen LogP contribution is 2.51. The number of carbonyl (C=O) groups excluding carboxylic acids is 1. The van der Waals surface area contributed by atoms with Gasteiger partial charge in [0.05, 0.1) is 26.9 Å². The van der Waals surface area contributed by atoms with Crippen LogP contribution in [0.1, 0.15) is 89.8 Å². The molecular weight excluding hydrogens is 979 g/mol. The monoisotopic (exact) mass is 1040 g/mol. The molecule has 0 spiro atoms. The van der Waals surface area contributed by atoms with Gasteiger partial charge in [0.1, 0.15) is 37.7 Å². The van der Waals surface area contributed by atoms with Crippen molar-refractivity contribution in [2.45, 2.75) is 109 Å². The number of amides is 2. The number of nitrogens with one attached hydrogen (secondary N) is 2. The molecular formula is C64H62BN4O7P. The van der Waals surface area contributed by atoms with E-state index in [1.54, 1.807) is 21.1 Å². The van der Waals surface area contributed by atoms with Crippen molar-refractivity contribution in [1.29, 1.82) is 0 Å². The summed E-state index contributed by atoms with van der Waals surface area (Å²) < 4.78 is 41.0. The number of hydrogen-bond donors (Lipinski definition) is 2. The first-order valence-corrected chi connectivity index (χ1v) is 26.3. The maximum absolute atomic E-state index is 12.3. The maximum atomic E-state index is 12.3. The lowest BCUT2D eigenvalue weighted by Crippen LogP contribution is -2.41. The van der Waals surface area contributed by atoms with Gasteiger partial charge in [0.2, 0.25) is 6.54 Å². The number of unbranched alkanes of at least 4 members (excludes halogenated alkanes) is 4. The van der Waals surface area contributed by atoms with Crippen LogP contribution in [0, 0.1) is 131 Å². The molecule has 11 nitrogen and oxygen atoms in total. The summed E-state index contributed by atoms with van der Waals surface area (Å²) in [6, 6.07) is 27.6. The van der Waals surface area contributed by atoms with Crippen LogP contribution in [0.3, 0.4) is 0 Å². The van der Waals surface area contributed by atoms with Crippen molar-refractivity contribution < 1.29 is 32.8 Å². The SMILES string of the molecule is [B][C@@H]1O[C@H](COC(c2ccccc2)(c2ccc(OC)cc2)c2ccc(OC)cc2)[C@H](OP(OCC[N+]#[C-])N(C(C)C)C(C)C)C1CCCCCCCNC(=O)NC#CC#CC#CC#CC#CC#CC#CC#CC#CC#CC. The number of urea groups is 1. The van der Waals surface area contributed by atoms with E-state index < -0.39 is 38.4 Å². The zero-order chi connectivity index (χ0) is 55.4. The molecule has 388 valence electrons. The molecule has 4 rings (SSSR count). The Morgan fingerprint density at radius 2 is 1.18 bits per heavy atom. The lowest BCUT2D eigenvalue weighted by Gasteiger charge is -2.39. The van der Waals surface area contributed by atoms with E-state index in [0.717, 1.165) is 66.7 Å². The number of carbonyl (C=O) groups is 1. The summed E-state index contributed by atoms with van der Waals surface area (Å²) in [5, 5.41) is 5.29. The molecule has 3 aromatic rings. The number of nitrogens with zero attached hydrogens (tertiary/aromatic N) is 2. The minimum atomic E-state index is -1.64. The van der Waals surface area contributed by atoms with Crippen molar-refractivity contribution in [3.8, 4) is 130 Å². The Kier molecular flexibility index (Phi) is 28.7. The number of hydrogen-bond acceptors (Lipinski definition) is 8. The first-order valence-electron chi connectivity index (χ1n) is 25.2. The van der Waals surface area contributed by atoms with E-state index in [4.69, 9.17) is 42.4 Å². The smallest absolute Gasteiger partial charge is 0.326 e. The number of benzene rings is 3. The van der Waals surface area contributed by atoms with Gasteiger partial charge in [-0.15, -0.1) is 0 Å². The third-order valence-corrected chi connectivity index (χ3v) is 13.6. The standard InChI is InChI=1S/C64H62BN4O7P/c1-9-10-11-12-13-14-15-16-17-18-19-20-21-22-23-24-25-28-34-47-67-63(70)68-48-35-29-26-27-33-38-59-61(76-77(74-50-49-66-6)69(52(2)3)53(4)5)60(75-62(59)65)51-73-64(54-36-31-30-32-37-54,55-39-43-57(71-7)44-40-55)56-41-45-58(72-8)46-42-56/h30-32,36-37,39-46,52-53,59-62H,26-27,29,33,35,38,48-51H2,1-5,7-8H3,(H2,67,68,70)/t59?,60-,61-,62-,77?/m1/s1. The van der Waals surface area contributed by atoms with E-state index in [9.17, 15) is 4.79 Å². The van der Waals surface area contributed by atoms with Crippen molar-refractivity contribution in [1.82, 2.24) is 15.3 Å². The van der Waals surface area contributed by atoms with Crippen LogP contribution >= 0.6 is 8.53 Å². The normalized spacial score (nSPS) is 14.9. The third-order valence-electron chi connectivity index (χ3n) is 11.5. The third kappa shape index (κ3) is 21.2. The van der Waals surface area contributed by atoms with E-state index in [-0.39, 0.29) is 37.8 Å². The van der Waals surface area contributed by atoms with E-state index >= 15 is 0 Å². The van der Waals surface area contributed by atoms with Gasteiger partial charge in [-0.25, -0.2) is 16.0 Å². The summed E-state index contributed by atoms with van der Waals surface area (Å²) in [6.07, 6.45) is 4.13. The molecule has 1 saturated heterocycles. The van der Waals surface area contributed by atoms with Crippen molar-refractivity contribution in [2.24, 2.45) is 5.92 Å². The molecule has 2 amide bonds. The van der Waals surface area contributed by atoms with E-state index in [2.05, 4.69) is 179 Å². The Morgan fingerprint density at radius 1 is 0.701 bits per heavy atom. The van der Waals surface area contributed by atoms with Crippen molar-refractivity contribution >= 4 is 22.4 Å². The van der Waals surface area contributed by atoms with E-state index in [1.807, 2.05) is 66.7 Å². The van der Waals surface area contributed by atoms with Gasteiger partial charge in [-0.05, 0) is 136 Å². The van der Waals surface area contributed by atoms with Gasteiger partial charge in [0, 0.05) is 95.8 Å². The summed E-state index contributed by atoms with van der Waals surface area (Å²) in [5.41, 5.74) is 1.60. The van der Waals surface area contributed by atoms with Gasteiger partial charge in [-0.2, -0.15) is 0 Å². The molecule has 0 aromatic heterocycles. The topological polar surface area (TPSA) is 104 Å². The molecule has 2 N–H and O–H groups in total. The molecule has 1 aliphatic heterocycles. The van der Waals surface area contributed by atoms with Gasteiger partial charge in [-0.1, -0.05) is 86.2 Å².